The lowest BCUT2D eigenvalue weighted by Gasteiger charge is -2.30. The Balaban J connectivity index is 1.43. The van der Waals surface area contributed by atoms with E-state index in [1.165, 1.54) is 102 Å². The van der Waals surface area contributed by atoms with Crippen LogP contribution in [0.1, 0.15) is 109 Å². The van der Waals surface area contributed by atoms with Crippen molar-refractivity contribution < 1.29 is 0 Å². The van der Waals surface area contributed by atoms with E-state index in [0.29, 0.717) is 6.17 Å². The third kappa shape index (κ3) is 10.2. The van der Waals surface area contributed by atoms with Crippen LogP contribution < -0.4 is 0 Å². The monoisotopic (exact) mass is 398 g/mol. The Morgan fingerprint density at radius 1 is 0.655 bits per heavy atom. The molecule has 1 aliphatic heterocycles. The molecule has 164 valence electrons. The highest BCUT2D eigenvalue weighted by Gasteiger charge is 2.22. The summed E-state index contributed by atoms with van der Waals surface area (Å²) < 4.78 is 0. The summed E-state index contributed by atoms with van der Waals surface area (Å²) in [5, 5.41) is 0. The largest absolute Gasteiger partial charge is 0.359 e. The normalized spacial score (nSPS) is 16.1. The van der Waals surface area contributed by atoms with Gasteiger partial charge < -0.3 is 9.80 Å². The highest BCUT2D eigenvalue weighted by Crippen LogP contribution is 2.22. The van der Waals surface area contributed by atoms with Crippen molar-refractivity contribution >= 4 is 0 Å². The summed E-state index contributed by atoms with van der Waals surface area (Å²) in [7, 11) is 2.22. The minimum absolute atomic E-state index is 0.535. The molecule has 1 aromatic rings. The molecule has 1 heterocycles. The Bertz CT molecular complexity index is 525. The maximum atomic E-state index is 2.50. The van der Waals surface area contributed by atoms with E-state index in [9.17, 15) is 0 Å². The van der Waals surface area contributed by atoms with Crippen molar-refractivity contribution in [1.82, 2.24) is 9.80 Å². The zero-order chi connectivity index (χ0) is 20.6. The van der Waals surface area contributed by atoms with Gasteiger partial charge >= 0.3 is 0 Å². The molecular formula is C27H46N2. The van der Waals surface area contributed by atoms with E-state index in [0.717, 1.165) is 6.54 Å². The van der Waals surface area contributed by atoms with E-state index in [2.05, 4.69) is 66.5 Å². The zero-order valence-electron chi connectivity index (χ0n) is 19.3. The van der Waals surface area contributed by atoms with Crippen LogP contribution in [0.25, 0.3) is 0 Å². The van der Waals surface area contributed by atoms with Crippen LogP contribution in [0, 0.1) is 0 Å². The highest BCUT2D eigenvalue weighted by atomic mass is 15.4. The molecule has 0 saturated carbocycles. The molecule has 1 aliphatic rings. The lowest BCUT2D eigenvalue weighted by Crippen LogP contribution is -2.36. The van der Waals surface area contributed by atoms with Gasteiger partial charge in [0, 0.05) is 26.0 Å². The molecule has 0 radical (unpaired) electrons. The number of rotatable bonds is 17. The average Bonchev–Trinajstić information content (AvgIpc) is 3.08. The van der Waals surface area contributed by atoms with E-state index >= 15 is 0 Å². The van der Waals surface area contributed by atoms with E-state index in [1.807, 2.05) is 0 Å². The number of hydrogen-bond acceptors (Lipinski definition) is 2. The van der Waals surface area contributed by atoms with Crippen molar-refractivity contribution in [2.24, 2.45) is 0 Å². The molecule has 0 aliphatic carbocycles. The average molecular weight is 399 g/mol. The summed E-state index contributed by atoms with van der Waals surface area (Å²) in [5.74, 6) is 0. The lowest BCUT2D eigenvalue weighted by molar-refractivity contribution is 0.155. The Kier molecular flexibility index (Phi) is 12.7. The van der Waals surface area contributed by atoms with E-state index in [4.69, 9.17) is 0 Å². The van der Waals surface area contributed by atoms with Crippen molar-refractivity contribution in [2.75, 3.05) is 7.05 Å². The molecule has 2 rings (SSSR count). The fraction of sp³-hybridized carbons (Fsp3) is 0.704. The molecular weight excluding hydrogens is 352 g/mol. The first kappa shape index (κ1) is 23.8. The molecule has 1 atom stereocenters. The first-order valence-electron chi connectivity index (χ1n) is 12.5. The van der Waals surface area contributed by atoms with Gasteiger partial charge in [-0.15, -0.1) is 0 Å². The number of unbranched alkanes of at least 4 members (excludes halogenated alkanes) is 13. The van der Waals surface area contributed by atoms with Crippen LogP contribution in [-0.2, 0) is 6.54 Å². The van der Waals surface area contributed by atoms with Crippen LogP contribution in [0.5, 0.6) is 0 Å². The molecule has 29 heavy (non-hydrogen) atoms. The Hall–Kier alpha value is -1.44. The summed E-state index contributed by atoms with van der Waals surface area (Å²) in [5.41, 5.74) is 1.40. The summed E-state index contributed by atoms with van der Waals surface area (Å²) in [4.78, 5) is 4.88. The minimum atomic E-state index is 0.535. The Labute approximate surface area is 181 Å². The molecule has 0 aromatic heterocycles. The van der Waals surface area contributed by atoms with Crippen LogP contribution in [0.15, 0.2) is 42.7 Å². The predicted octanol–water partition coefficient (Wildman–Crippen LogP) is 8.10. The molecule has 2 heteroatoms. The SMILES string of the molecule is CCCCCCCCCCCCCCCCC1N(C)C=CN1Cc1ccccc1. The van der Waals surface area contributed by atoms with E-state index in [1.54, 1.807) is 0 Å². The summed E-state index contributed by atoms with van der Waals surface area (Å²) in [6.07, 6.45) is 26.3. The van der Waals surface area contributed by atoms with Crippen molar-refractivity contribution in [2.45, 2.75) is 116 Å². The van der Waals surface area contributed by atoms with Crippen molar-refractivity contribution in [3.8, 4) is 0 Å². The van der Waals surface area contributed by atoms with Crippen molar-refractivity contribution in [1.29, 1.82) is 0 Å². The van der Waals surface area contributed by atoms with Gasteiger partial charge in [0.2, 0.25) is 0 Å². The van der Waals surface area contributed by atoms with Gasteiger partial charge in [-0.2, -0.15) is 0 Å². The number of hydrogen-bond donors (Lipinski definition) is 0. The van der Waals surface area contributed by atoms with Crippen LogP contribution >= 0.6 is 0 Å². The molecule has 1 unspecified atom stereocenters. The maximum Gasteiger partial charge on any atom is 0.101 e. The summed E-state index contributed by atoms with van der Waals surface area (Å²) >= 11 is 0. The molecule has 0 saturated heterocycles. The summed E-state index contributed by atoms with van der Waals surface area (Å²) in [6.45, 7) is 3.32. The minimum Gasteiger partial charge on any atom is -0.359 e. The molecule has 2 nitrogen and oxygen atoms in total. The zero-order valence-corrected chi connectivity index (χ0v) is 19.3. The summed E-state index contributed by atoms with van der Waals surface area (Å²) in [6, 6.07) is 10.8. The number of nitrogens with zero attached hydrogens (tertiary/aromatic N) is 2. The van der Waals surface area contributed by atoms with E-state index < -0.39 is 0 Å². The standard InChI is InChI=1S/C27H46N2/c1-3-4-5-6-7-8-9-10-11-12-13-14-15-19-22-27-28(2)23-24-29(27)25-26-20-17-16-18-21-26/h16-18,20-21,23-24,27H,3-15,19,22,25H2,1-2H3. The van der Waals surface area contributed by atoms with Crippen LogP contribution in [-0.4, -0.2) is 23.0 Å². The second-order valence-electron chi connectivity index (χ2n) is 8.99. The third-order valence-electron chi connectivity index (χ3n) is 6.37. The number of benzene rings is 1. The van der Waals surface area contributed by atoms with Crippen LogP contribution in [0.4, 0.5) is 0 Å². The Morgan fingerprint density at radius 3 is 1.72 bits per heavy atom. The molecule has 0 fully saturated rings. The van der Waals surface area contributed by atoms with E-state index in [-0.39, 0.29) is 0 Å². The quantitative estimate of drug-likeness (QED) is 0.244. The second-order valence-corrected chi connectivity index (χ2v) is 8.99. The Morgan fingerprint density at radius 2 is 1.17 bits per heavy atom. The second kappa shape index (κ2) is 15.4. The van der Waals surface area contributed by atoms with Crippen molar-refractivity contribution in [3.63, 3.8) is 0 Å². The topological polar surface area (TPSA) is 6.48 Å². The smallest absolute Gasteiger partial charge is 0.101 e. The van der Waals surface area contributed by atoms with Gasteiger partial charge in [0.1, 0.15) is 6.17 Å². The van der Waals surface area contributed by atoms with Gasteiger partial charge in [0.25, 0.3) is 0 Å². The highest BCUT2D eigenvalue weighted by molar-refractivity contribution is 5.15. The van der Waals surface area contributed by atoms with Gasteiger partial charge in [-0.05, 0) is 18.4 Å². The molecule has 0 spiro atoms. The first-order chi connectivity index (χ1) is 14.3. The van der Waals surface area contributed by atoms with Crippen LogP contribution in [0.3, 0.4) is 0 Å². The van der Waals surface area contributed by atoms with Crippen molar-refractivity contribution in [3.05, 3.63) is 48.3 Å². The van der Waals surface area contributed by atoms with Crippen LogP contribution in [0.2, 0.25) is 0 Å². The fourth-order valence-electron chi connectivity index (χ4n) is 4.47. The molecule has 1 aromatic carbocycles. The van der Waals surface area contributed by atoms with Gasteiger partial charge in [-0.1, -0.05) is 121 Å². The third-order valence-corrected chi connectivity index (χ3v) is 6.37. The van der Waals surface area contributed by atoms with Gasteiger partial charge in [0.05, 0.1) is 0 Å². The molecule has 0 amide bonds. The van der Waals surface area contributed by atoms with Gasteiger partial charge in [-0.3, -0.25) is 0 Å². The van der Waals surface area contributed by atoms with Gasteiger partial charge in [0.15, 0.2) is 0 Å². The molecule has 0 N–H and O–H groups in total. The first-order valence-corrected chi connectivity index (χ1v) is 12.5. The fourth-order valence-corrected chi connectivity index (χ4v) is 4.47. The molecule has 0 bridgehead atoms. The lowest BCUT2D eigenvalue weighted by atomic mass is 10.0. The van der Waals surface area contributed by atoms with Gasteiger partial charge in [-0.25, -0.2) is 0 Å². The predicted molar refractivity (Wildman–Crippen MR) is 128 cm³/mol. The maximum absolute atomic E-state index is 2.50.